The molecule has 1 atom stereocenters. The summed E-state index contributed by atoms with van der Waals surface area (Å²) in [6, 6.07) is 0. The maximum absolute atomic E-state index is 9.28. The molecule has 0 aliphatic rings. The van der Waals surface area contributed by atoms with Gasteiger partial charge in [0.15, 0.2) is 0 Å². The summed E-state index contributed by atoms with van der Waals surface area (Å²) >= 11 is 0. The SMILES string of the molecule is CCc1c(C)nn(CCCC(N)(CC)CO)c1C. The molecule has 18 heavy (non-hydrogen) atoms. The van der Waals surface area contributed by atoms with Gasteiger partial charge in [-0.2, -0.15) is 5.10 Å². The summed E-state index contributed by atoms with van der Waals surface area (Å²) in [5.41, 5.74) is 9.40. The van der Waals surface area contributed by atoms with Gasteiger partial charge in [-0.3, -0.25) is 4.68 Å². The van der Waals surface area contributed by atoms with E-state index in [2.05, 4.69) is 30.6 Å². The minimum Gasteiger partial charge on any atom is -0.394 e. The Balaban J connectivity index is 2.59. The number of aliphatic hydroxyl groups is 1. The summed E-state index contributed by atoms with van der Waals surface area (Å²) in [5, 5.41) is 13.8. The molecule has 1 unspecified atom stereocenters. The van der Waals surface area contributed by atoms with E-state index in [1.54, 1.807) is 0 Å². The van der Waals surface area contributed by atoms with Crippen LogP contribution in [0, 0.1) is 13.8 Å². The number of hydrogen-bond donors (Lipinski definition) is 2. The number of aliphatic hydroxyl groups excluding tert-OH is 1. The zero-order valence-electron chi connectivity index (χ0n) is 12.2. The number of aromatic nitrogens is 2. The molecule has 0 saturated carbocycles. The lowest BCUT2D eigenvalue weighted by Gasteiger charge is -2.25. The molecule has 3 N–H and O–H groups in total. The minimum absolute atomic E-state index is 0.0564. The Morgan fingerprint density at radius 2 is 2.00 bits per heavy atom. The van der Waals surface area contributed by atoms with E-state index in [1.807, 2.05) is 6.92 Å². The lowest BCUT2D eigenvalue weighted by molar-refractivity contribution is 0.178. The molecule has 1 aromatic heterocycles. The zero-order chi connectivity index (χ0) is 13.8. The number of nitrogens with two attached hydrogens (primary N) is 1. The molecule has 0 fully saturated rings. The molecule has 0 spiro atoms. The van der Waals surface area contributed by atoms with Crippen LogP contribution in [0.25, 0.3) is 0 Å². The summed E-state index contributed by atoms with van der Waals surface area (Å²) in [6.07, 6.45) is 3.63. The lowest BCUT2D eigenvalue weighted by Crippen LogP contribution is -2.43. The van der Waals surface area contributed by atoms with Crippen LogP contribution in [0.15, 0.2) is 0 Å². The molecule has 0 aliphatic heterocycles. The van der Waals surface area contributed by atoms with E-state index in [9.17, 15) is 5.11 Å². The van der Waals surface area contributed by atoms with Crippen molar-refractivity contribution in [2.45, 2.75) is 65.5 Å². The number of hydrogen-bond acceptors (Lipinski definition) is 3. The number of aryl methyl sites for hydroxylation is 2. The molecular weight excluding hydrogens is 226 g/mol. The van der Waals surface area contributed by atoms with Gasteiger partial charge in [0.05, 0.1) is 12.3 Å². The van der Waals surface area contributed by atoms with Crippen LogP contribution in [0.4, 0.5) is 0 Å². The Morgan fingerprint density at radius 3 is 2.44 bits per heavy atom. The van der Waals surface area contributed by atoms with E-state index in [-0.39, 0.29) is 6.61 Å². The Bertz CT molecular complexity index is 381. The van der Waals surface area contributed by atoms with Crippen molar-refractivity contribution in [1.82, 2.24) is 9.78 Å². The molecule has 0 bridgehead atoms. The smallest absolute Gasteiger partial charge is 0.0628 e. The van der Waals surface area contributed by atoms with Crippen molar-refractivity contribution in [2.24, 2.45) is 5.73 Å². The van der Waals surface area contributed by atoms with Crippen LogP contribution in [-0.2, 0) is 13.0 Å². The van der Waals surface area contributed by atoms with Crippen molar-refractivity contribution in [3.63, 3.8) is 0 Å². The van der Waals surface area contributed by atoms with Gasteiger partial charge in [0.1, 0.15) is 0 Å². The van der Waals surface area contributed by atoms with Gasteiger partial charge in [0.25, 0.3) is 0 Å². The first kappa shape index (κ1) is 15.2. The van der Waals surface area contributed by atoms with Crippen molar-refractivity contribution in [1.29, 1.82) is 0 Å². The van der Waals surface area contributed by atoms with Gasteiger partial charge in [-0.15, -0.1) is 0 Å². The molecule has 0 amide bonds. The average Bonchev–Trinajstić information content (AvgIpc) is 2.64. The first-order chi connectivity index (χ1) is 8.47. The molecule has 4 nitrogen and oxygen atoms in total. The number of nitrogens with zero attached hydrogens (tertiary/aromatic N) is 2. The van der Waals surface area contributed by atoms with Crippen molar-refractivity contribution < 1.29 is 5.11 Å². The Morgan fingerprint density at radius 1 is 1.33 bits per heavy atom. The highest BCUT2D eigenvalue weighted by Gasteiger charge is 2.21. The van der Waals surface area contributed by atoms with Crippen LogP contribution in [0.5, 0.6) is 0 Å². The van der Waals surface area contributed by atoms with E-state index < -0.39 is 5.54 Å². The van der Waals surface area contributed by atoms with E-state index in [4.69, 9.17) is 5.73 Å². The summed E-state index contributed by atoms with van der Waals surface area (Å²) in [5.74, 6) is 0. The van der Waals surface area contributed by atoms with Gasteiger partial charge in [-0.1, -0.05) is 13.8 Å². The van der Waals surface area contributed by atoms with Crippen molar-refractivity contribution in [3.05, 3.63) is 17.0 Å². The fourth-order valence-electron chi connectivity index (χ4n) is 2.41. The fourth-order valence-corrected chi connectivity index (χ4v) is 2.41. The summed E-state index contributed by atoms with van der Waals surface area (Å²) in [7, 11) is 0. The highest BCUT2D eigenvalue weighted by atomic mass is 16.3. The van der Waals surface area contributed by atoms with Gasteiger partial charge in [-0.05, 0) is 45.1 Å². The number of rotatable bonds is 7. The second-order valence-corrected chi connectivity index (χ2v) is 5.20. The topological polar surface area (TPSA) is 64.1 Å². The fraction of sp³-hybridized carbons (Fsp3) is 0.786. The van der Waals surface area contributed by atoms with E-state index in [0.29, 0.717) is 0 Å². The summed E-state index contributed by atoms with van der Waals surface area (Å²) < 4.78 is 2.07. The third-order valence-electron chi connectivity index (χ3n) is 3.95. The maximum atomic E-state index is 9.28. The Hall–Kier alpha value is -0.870. The van der Waals surface area contributed by atoms with E-state index >= 15 is 0 Å². The van der Waals surface area contributed by atoms with Gasteiger partial charge >= 0.3 is 0 Å². The first-order valence-corrected chi connectivity index (χ1v) is 6.90. The first-order valence-electron chi connectivity index (χ1n) is 6.90. The second kappa shape index (κ2) is 6.34. The molecule has 104 valence electrons. The second-order valence-electron chi connectivity index (χ2n) is 5.20. The van der Waals surface area contributed by atoms with Gasteiger partial charge in [0, 0.05) is 17.8 Å². The van der Waals surface area contributed by atoms with Gasteiger partial charge in [-0.25, -0.2) is 0 Å². The quantitative estimate of drug-likeness (QED) is 0.780. The molecule has 1 heterocycles. The Labute approximate surface area is 110 Å². The molecule has 0 radical (unpaired) electrons. The van der Waals surface area contributed by atoms with Crippen molar-refractivity contribution in [2.75, 3.05) is 6.61 Å². The molecule has 1 rings (SSSR count). The largest absolute Gasteiger partial charge is 0.394 e. The van der Waals surface area contributed by atoms with Gasteiger partial charge in [0.2, 0.25) is 0 Å². The monoisotopic (exact) mass is 253 g/mol. The van der Waals surface area contributed by atoms with Crippen LogP contribution in [0.1, 0.15) is 50.1 Å². The lowest BCUT2D eigenvalue weighted by atomic mass is 9.93. The third-order valence-corrected chi connectivity index (χ3v) is 3.95. The highest BCUT2D eigenvalue weighted by Crippen LogP contribution is 2.17. The molecule has 0 saturated heterocycles. The van der Waals surface area contributed by atoms with Crippen LogP contribution < -0.4 is 5.73 Å². The average molecular weight is 253 g/mol. The van der Waals surface area contributed by atoms with Crippen LogP contribution >= 0.6 is 0 Å². The predicted octanol–water partition coefficient (Wildman–Crippen LogP) is 1.94. The normalized spacial score (nSPS) is 14.8. The van der Waals surface area contributed by atoms with E-state index in [0.717, 1.165) is 37.9 Å². The molecule has 0 aromatic carbocycles. The van der Waals surface area contributed by atoms with Crippen molar-refractivity contribution in [3.8, 4) is 0 Å². The van der Waals surface area contributed by atoms with Crippen LogP contribution in [0.2, 0.25) is 0 Å². The van der Waals surface area contributed by atoms with Crippen LogP contribution in [-0.4, -0.2) is 27.0 Å². The maximum Gasteiger partial charge on any atom is 0.0628 e. The summed E-state index contributed by atoms with van der Waals surface area (Å²) in [6.45, 7) is 9.31. The van der Waals surface area contributed by atoms with Crippen molar-refractivity contribution >= 4 is 0 Å². The Kier molecular flexibility index (Phi) is 5.35. The highest BCUT2D eigenvalue weighted by molar-refractivity contribution is 5.24. The summed E-state index contributed by atoms with van der Waals surface area (Å²) in [4.78, 5) is 0. The van der Waals surface area contributed by atoms with E-state index in [1.165, 1.54) is 11.3 Å². The molecule has 0 aliphatic carbocycles. The predicted molar refractivity (Wildman–Crippen MR) is 74.6 cm³/mol. The third kappa shape index (κ3) is 3.33. The standard InChI is InChI=1S/C14H27N3O/c1-5-13-11(3)16-17(12(13)4)9-7-8-14(15,6-2)10-18/h18H,5-10,15H2,1-4H3. The zero-order valence-corrected chi connectivity index (χ0v) is 12.2. The van der Waals surface area contributed by atoms with Crippen LogP contribution in [0.3, 0.4) is 0 Å². The molecule has 1 aromatic rings. The minimum atomic E-state index is -0.427. The van der Waals surface area contributed by atoms with Gasteiger partial charge < -0.3 is 10.8 Å². The molecule has 4 heteroatoms. The molecular formula is C14H27N3O.